The van der Waals surface area contributed by atoms with Gasteiger partial charge in [0.15, 0.2) is 0 Å². The van der Waals surface area contributed by atoms with Gasteiger partial charge in [-0.3, -0.25) is 0 Å². The highest BCUT2D eigenvalue weighted by Gasteiger charge is 2.03. The summed E-state index contributed by atoms with van der Waals surface area (Å²) in [5.74, 6) is 0. The summed E-state index contributed by atoms with van der Waals surface area (Å²) in [6, 6.07) is 6.10. The molecule has 18 heavy (non-hydrogen) atoms. The molecule has 0 saturated heterocycles. The van der Waals surface area contributed by atoms with Crippen molar-refractivity contribution < 1.29 is 0 Å². The van der Waals surface area contributed by atoms with E-state index in [0.29, 0.717) is 0 Å². The van der Waals surface area contributed by atoms with Crippen molar-refractivity contribution in [2.75, 3.05) is 0 Å². The maximum Gasteiger partial charge on any atom is 0.107 e. The van der Waals surface area contributed by atoms with Crippen LogP contribution >= 0.6 is 11.3 Å². The fourth-order valence-corrected chi connectivity index (χ4v) is 2.65. The lowest BCUT2D eigenvalue weighted by Crippen LogP contribution is -2.12. The van der Waals surface area contributed by atoms with E-state index in [1.807, 2.05) is 36.0 Å². The SMILES string of the molecule is Cc1csc(CNCc2cnn3ccccc23)n1. The van der Waals surface area contributed by atoms with Gasteiger partial charge in [-0.1, -0.05) is 6.07 Å². The number of hydrogen-bond donors (Lipinski definition) is 1. The van der Waals surface area contributed by atoms with Gasteiger partial charge in [0.1, 0.15) is 5.01 Å². The van der Waals surface area contributed by atoms with Crippen LogP contribution in [0.5, 0.6) is 0 Å². The van der Waals surface area contributed by atoms with Gasteiger partial charge in [-0.2, -0.15) is 5.10 Å². The first kappa shape index (κ1) is 11.4. The van der Waals surface area contributed by atoms with E-state index in [1.165, 1.54) is 5.56 Å². The van der Waals surface area contributed by atoms with Crippen LogP contribution in [0.3, 0.4) is 0 Å². The fourth-order valence-electron chi connectivity index (χ4n) is 1.91. The summed E-state index contributed by atoms with van der Waals surface area (Å²) in [5.41, 5.74) is 3.46. The molecule has 3 aromatic heterocycles. The Bertz CT molecular complexity index is 656. The van der Waals surface area contributed by atoms with Crippen LogP contribution in [0.1, 0.15) is 16.3 Å². The molecule has 5 heteroatoms. The standard InChI is InChI=1S/C13H14N4S/c1-10-9-18-13(16-10)8-14-6-11-7-15-17-5-3-2-4-12(11)17/h2-5,7,9,14H,6,8H2,1H3. The van der Waals surface area contributed by atoms with E-state index in [0.717, 1.165) is 29.3 Å². The number of hydrogen-bond acceptors (Lipinski definition) is 4. The molecule has 1 N–H and O–H groups in total. The normalized spacial score (nSPS) is 11.2. The molecule has 0 aromatic carbocycles. The average Bonchev–Trinajstić information content (AvgIpc) is 2.97. The van der Waals surface area contributed by atoms with E-state index < -0.39 is 0 Å². The fraction of sp³-hybridized carbons (Fsp3) is 0.231. The summed E-state index contributed by atoms with van der Waals surface area (Å²) in [5, 5.41) is 10.9. The number of fused-ring (bicyclic) bond motifs is 1. The lowest BCUT2D eigenvalue weighted by atomic mass is 10.2. The van der Waals surface area contributed by atoms with Crippen LogP contribution in [0.4, 0.5) is 0 Å². The van der Waals surface area contributed by atoms with Gasteiger partial charge in [0, 0.05) is 35.9 Å². The Balaban J connectivity index is 1.66. The molecule has 3 aromatic rings. The van der Waals surface area contributed by atoms with Crippen molar-refractivity contribution in [2.24, 2.45) is 0 Å². The summed E-state index contributed by atoms with van der Waals surface area (Å²) >= 11 is 1.70. The smallest absolute Gasteiger partial charge is 0.107 e. The molecular formula is C13H14N4S. The lowest BCUT2D eigenvalue weighted by molar-refractivity contribution is 0.692. The number of pyridine rings is 1. The van der Waals surface area contributed by atoms with Crippen molar-refractivity contribution in [2.45, 2.75) is 20.0 Å². The number of rotatable bonds is 4. The van der Waals surface area contributed by atoms with E-state index >= 15 is 0 Å². The molecule has 0 saturated carbocycles. The third kappa shape index (κ3) is 2.27. The highest BCUT2D eigenvalue weighted by atomic mass is 32.1. The minimum absolute atomic E-state index is 0.808. The van der Waals surface area contributed by atoms with Crippen molar-refractivity contribution in [3.8, 4) is 0 Å². The molecular weight excluding hydrogens is 244 g/mol. The van der Waals surface area contributed by atoms with Gasteiger partial charge < -0.3 is 5.32 Å². The van der Waals surface area contributed by atoms with E-state index in [9.17, 15) is 0 Å². The quantitative estimate of drug-likeness (QED) is 0.781. The minimum atomic E-state index is 0.808. The van der Waals surface area contributed by atoms with Crippen LogP contribution in [0.2, 0.25) is 0 Å². The number of aromatic nitrogens is 3. The highest BCUT2D eigenvalue weighted by molar-refractivity contribution is 7.09. The van der Waals surface area contributed by atoms with E-state index in [2.05, 4.69) is 26.8 Å². The molecule has 0 radical (unpaired) electrons. The van der Waals surface area contributed by atoms with Gasteiger partial charge in [-0.15, -0.1) is 11.3 Å². The van der Waals surface area contributed by atoms with Crippen LogP contribution in [0.15, 0.2) is 36.0 Å². The Labute approximate surface area is 109 Å². The van der Waals surface area contributed by atoms with Crippen LogP contribution in [0, 0.1) is 6.92 Å². The van der Waals surface area contributed by atoms with Crippen LogP contribution in [-0.2, 0) is 13.1 Å². The molecule has 92 valence electrons. The second-order valence-electron chi connectivity index (χ2n) is 4.19. The van der Waals surface area contributed by atoms with Gasteiger partial charge in [0.2, 0.25) is 0 Å². The van der Waals surface area contributed by atoms with Gasteiger partial charge in [-0.25, -0.2) is 9.50 Å². The minimum Gasteiger partial charge on any atom is -0.306 e. The summed E-state index contributed by atoms with van der Waals surface area (Å²) in [6.07, 6.45) is 3.87. The Morgan fingerprint density at radius 1 is 1.33 bits per heavy atom. The predicted octanol–water partition coefficient (Wildman–Crippen LogP) is 2.39. The first-order valence-corrected chi connectivity index (χ1v) is 6.74. The van der Waals surface area contributed by atoms with E-state index in [1.54, 1.807) is 11.3 Å². The molecule has 4 nitrogen and oxygen atoms in total. The van der Waals surface area contributed by atoms with Crippen molar-refractivity contribution in [3.05, 3.63) is 52.2 Å². The third-order valence-corrected chi connectivity index (χ3v) is 3.73. The van der Waals surface area contributed by atoms with Crippen LogP contribution < -0.4 is 5.32 Å². The Hall–Kier alpha value is -1.72. The summed E-state index contributed by atoms with van der Waals surface area (Å²) in [7, 11) is 0. The van der Waals surface area contributed by atoms with E-state index in [4.69, 9.17) is 0 Å². The number of nitrogens with one attached hydrogen (secondary N) is 1. The second kappa shape index (κ2) is 4.88. The molecule has 0 amide bonds. The van der Waals surface area contributed by atoms with Crippen molar-refractivity contribution >= 4 is 16.9 Å². The van der Waals surface area contributed by atoms with Gasteiger partial charge in [0.25, 0.3) is 0 Å². The lowest BCUT2D eigenvalue weighted by Gasteiger charge is -2.01. The summed E-state index contributed by atoms with van der Waals surface area (Å²) in [4.78, 5) is 4.43. The van der Waals surface area contributed by atoms with Gasteiger partial charge >= 0.3 is 0 Å². The Morgan fingerprint density at radius 2 is 2.28 bits per heavy atom. The maximum absolute atomic E-state index is 4.43. The highest BCUT2D eigenvalue weighted by Crippen LogP contribution is 2.11. The largest absolute Gasteiger partial charge is 0.306 e. The van der Waals surface area contributed by atoms with Crippen molar-refractivity contribution in [3.63, 3.8) is 0 Å². The molecule has 0 atom stereocenters. The van der Waals surface area contributed by atoms with Gasteiger partial charge in [-0.05, 0) is 19.1 Å². The molecule has 0 bridgehead atoms. The first-order valence-electron chi connectivity index (χ1n) is 5.86. The second-order valence-corrected chi connectivity index (χ2v) is 5.13. The first-order chi connectivity index (χ1) is 8.83. The molecule has 0 unspecified atom stereocenters. The third-order valence-electron chi connectivity index (χ3n) is 2.76. The van der Waals surface area contributed by atoms with Crippen LogP contribution in [-0.4, -0.2) is 14.6 Å². The zero-order valence-electron chi connectivity index (χ0n) is 10.1. The molecule has 0 aliphatic heterocycles. The molecule has 0 spiro atoms. The number of thiazole rings is 1. The van der Waals surface area contributed by atoms with Crippen LogP contribution in [0.25, 0.3) is 5.52 Å². The zero-order valence-corrected chi connectivity index (χ0v) is 10.9. The van der Waals surface area contributed by atoms with Gasteiger partial charge in [0.05, 0.1) is 11.7 Å². The topological polar surface area (TPSA) is 42.2 Å². The molecule has 3 rings (SSSR count). The molecule has 0 fully saturated rings. The number of nitrogens with zero attached hydrogens (tertiary/aromatic N) is 3. The van der Waals surface area contributed by atoms with Crippen molar-refractivity contribution in [1.82, 2.24) is 19.9 Å². The number of aryl methyl sites for hydroxylation is 1. The summed E-state index contributed by atoms with van der Waals surface area (Å²) in [6.45, 7) is 3.64. The van der Waals surface area contributed by atoms with Crippen molar-refractivity contribution in [1.29, 1.82) is 0 Å². The predicted molar refractivity (Wildman–Crippen MR) is 72.6 cm³/mol. The maximum atomic E-state index is 4.43. The molecule has 0 aliphatic rings. The molecule has 0 aliphatic carbocycles. The average molecular weight is 258 g/mol. The van der Waals surface area contributed by atoms with E-state index in [-0.39, 0.29) is 0 Å². The summed E-state index contributed by atoms with van der Waals surface area (Å²) < 4.78 is 1.89. The Morgan fingerprint density at radius 3 is 3.11 bits per heavy atom. The Kier molecular flexibility index (Phi) is 3.08. The zero-order chi connectivity index (χ0) is 12.4. The molecule has 3 heterocycles. The monoisotopic (exact) mass is 258 g/mol.